The SMILES string of the molecule is C1CCOC1.Nc1ccc(N2CCCOCC2=O)cc1.Nc1ccc([N+](=O)[O-])cc1.O=C(COCCCCl)Nc1ccc([N+](=O)[O-])cc1.O=C(Cl)COCCCCl.O=C(O)COCCCCl.O=C1COCCCN1c1ccc([N+](=O)[O-])cc1.O=CO[O-].O=S(Cl)Cl.OCCOCCCCl.[Cs+].[Cs+].[H-]. The Labute approximate surface area is 740 Å². The number of nitrogens with zero attached hydrogens (tertiary/aromatic N) is 5. The van der Waals surface area contributed by atoms with E-state index in [9.17, 15) is 54.3 Å². The molecular formula is C59H83Cl7Cs2N8O24S. The van der Waals surface area contributed by atoms with Crippen LogP contribution in [0, 0.1) is 30.3 Å². The third-order valence-electron chi connectivity index (χ3n) is 10.9. The summed E-state index contributed by atoms with van der Waals surface area (Å²) in [5, 5.41) is 57.8. The number of halogens is 7. The molecule has 4 aromatic carbocycles. The Hall–Kier alpha value is -2.38. The van der Waals surface area contributed by atoms with Crippen LogP contribution in [-0.2, 0) is 76.0 Å². The van der Waals surface area contributed by atoms with Crippen molar-refractivity contribution in [1.29, 1.82) is 0 Å². The number of hydrogen-bond donors (Lipinski definition) is 5. The van der Waals surface area contributed by atoms with Crippen LogP contribution in [0.15, 0.2) is 97.1 Å². The minimum atomic E-state index is -1.67. The number of alkyl halides is 4. The van der Waals surface area contributed by atoms with Crippen molar-refractivity contribution in [3.63, 3.8) is 0 Å². The number of nitrogens with two attached hydrogens (primary N) is 2. The minimum absolute atomic E-state index is 0. The van der Waals surface area contributed by atoms with Gasteiger partial charge in [-0.15, -0.1) is 46.4 Å². The number of hydrogen-bond acceptors (Lipinski definition) is 25. The number of non-ortho nitro benzene ring substituents is 3. The monoisotopic (exact) mass is 1830 g/mol. The molecule has 3 heterocycles. The van der Waals surface area contributed by atoms with Crippen molar-refractivity contribution in [2.75, 3.05) is 162 Å². The first-order chi connectivity index (χ1) is 47.4. The first-order valence-electron chi connectivity index (χ1n) is 29.4. The van der Waals surface area contributed by atoms with Gasteiger partial charge in [-0.3, -0.25) is 54.3 Å². The third kappa shape index (κ3) is 67.9. The molecule has 3 aliphatic rings. The molecular weight excluding hydrogens is 1750 g/mol. The van der Waals surface area contributed by atoms with E-state index in [0.717, 1.165) is 44.6 Å². The van der Waals surface area contributed by atoms with Gasteiger partial charge in [-0.1, -0.05) is 0 Å². The molecule has 7 N–H and O–H groups in total. The second-order valence-electron chi connectivity index (χ2n) is 18.6. The number of anilines is 5. The van der Waals surface area contributed by atoms with Gasteiger partial charge < -0.3 is 81.5 Å². The van der Waals surface area contributed by atoms with Crippen LogP contribution in [0.1, 0.15) is 52.8 Å². The van der Waals surface area contributed by atoms with E-state index in [4.69, 9.17) is 122 Å². The summed E-state index contributed by atoms with van der Waals surface area (Å²) in [5.74, 6) is 0.836. The van der Waals surface area contributed by atoms with E-state index in [2.05, 4.69) is 36.3 Å². The molecule has 0 radical (unpaired) electrons. The van der Waals surface area contributed by atoms with Crippen LogP contribution in [0.3, 0.4) is 0 Å². The molecule has 0 aliphatic carbocycles. The summed E-state index contributed by atoms with van der Waals surface area (Å²) < 4.78 is 43.7. The van der Waals surface area contributed by atoms with E-state index < -0.39 is 35.2 Å². The van der Waals surface area contributed by atoms with Crippen LogP contribution in [-0.4, -0.2) is 200 Å². The van der Waals surface area contributed by atoms with Crippen LogP contribution >= 0.6 is 79.4 Å². The van der Waals surface area contributed by atoms with Gasteiger partial charge in [0.25, 0.3) is 35.3 Å². The van der Waals surface area contributed by atoms with Crippen LogP contribution in [0.2, 0.25) is 0 Å². The summed E-state index contributed by atoms with van der Waals surface area (Å²) in [6, 6.07) is 24.6. The van der Waals surface area contributed by atoms with Crippen molar-refractivity contribution >= 4 is 170 Å². The van der Waals surface area contributed by atoms with Gasteiger partial charge in [0.15, 0.2) is 0 Å². The number of nitrogen functional groups attached to an aromatic ring is 2. The maximum Gasteiger partial charge on any atom is 1.00 e. The van der Waals surface area contributed by atoms with Crippen LogP contribution < -0.4 is 170 Å². The number of rotatable bonds is 27. The minimum Gasteiger partial charge on any atom is -1.00 e. The van der Waals surface area contributed by atoms with Crippen LogP contribution in [0.5, 0.6) is 0 Å². The average Bonchev–Trinajstić information content (AvgIpc) is 1.45. The molecule has 4 aromatic rings. The Morgan fingerprint density at radius 2 is 0.901 bits per heavy atom. The van der Waals surface area contributed by atoms with Crippen molar-refractivity contribution in [2.24, 2.45) is 0 Å². The normalized spacial score (nSPS) is 12.3. The fourth-order valence-electron chi connectivity index (χ4n) is 6.57. The number of nitro groups is 3. The number of carboxylic acid groups (broad SMARTS) is 1. The molecule has 3 saturated heterocycles. The number of carboxylic acids is 1. The van der Waals surface area contributed by atoms with E-state index in [1.807, 2.05) is 12.1 Å². The van der Waals surface area contributed by atoms with Gasteiger partial charge in [0.05, 0.1) is 28.0 Å². The second kappa shape index (κ2) is 75.8. The quantitative estimate of drug-likeness (QED) is 0.00837. The van der Waals surface area contributed by atoms with Gasteiger partial charge in [0, 0.05) is 176 Å². The van der Waals surface area contributed by atoms with Crippen molar-refractivity contribution in [3.05, 3.63) is 127 Å². The van der Waals surface area contributed by atoms with Gasteiger partial charge in [-0.05, 0) is 124 Å². The fourth-order valence-corrected chi connectivity index (χ4v) is 7.08. The first kappa shape index (κ1) is 107. The number of carbonyl (C=O) groups is 6. The second-order valence-corrected chi connectivity index (χ2v) is 23.0. The third-order valence-corrected chi connectivity index (χ3v) is 12.1. The molecule has 0 bridgehead atoms. The molecule has 3 fully saturated rings. The Morgan fingerprint density at radius 3 is 1.23 bits per heavy atom. The Bertz CT molecular complexity index is 2800. The number of carbonyl (C=O) groups excluding carboxylic acids is 5. The summed E-state index contributed by atoms with van der Waals surface area (Å²) in [6.07, 6.45) is 7.20. The first-order valence-corrected chi connectivity index (χ1v) is 34.7. The topological polar surface area (TPSA) is 457 Å². The van der Waals surface area contributed by atoms with Gasteiger partial charge in [-0.2, -0.15) is 0 Å². The molecule has 3 amide bonds. The van der Waals surface area contributed by atoms with E-state index in [0.29, 0.717) is 118 Å². The number of nitrogens with one attached hydrogen (secondary N) is 1. The number of aliphatic hydroxyl groups is 1. The standard InChI is InChI=1S/C11H13ClN2O4.C11H12N2O4.C11H14N2O2.C6H6N2O2.C5H8Cl2O2.C5H9ClO3.C5H11ClO2.C4H8O.CH2O3.Cl2OS.2Cs.H/c12-6-1-7-18-8-11(15)13-9-2-4-10(5-3-9)14(16)17;14-11-8-17-7-1-6-12(11)9-2-4-10(5-3-9)13(15)16;12-9-2-4-10(5-3-9)13-6-1-7-15-8-11(13)14;7-5-1-3-6(4-2-5)8(9)10;2*6-2-1-3-9-4-5(7)8;6-2-1-4-8-5-3-7;1-2-4-5-3-1;2-1-4-3;1-4(2)3;;;/h2-5H,1,6-8H2,(H,13,15);2-5H,1,6-8H2;2-5H,1,6-8,12H2;1-4H,7H2;1-4H2;1-4H2,(H,7,8);7H,1-5H2;1-4H2;1,3H;;;;/q;;;;;;;;;;2*+1;-1/p-1. The summed E-state index contributed by atoms with van der Waals surface area (Å²) >= 11 is 26.4. The Kier molecular flexibility index (Phi) is 80.5. The molecule has 0 aromatic heterocycles. The maximum atomic E-state index is 11.7. The molecule has 32 nitrogen and oxygen atoms in total. The zero-order valence-corrected chi connectivity index (χ0v) is 74.3. The number of aliphatic hydroxyl groups excluding tert-OH is 1. The zero-order valence-electron chi connectivity index (χ0n) is 56.6. The Morgan fingerprint density at radius 1 is 0.574 bits per heavy atom. The molecule has 560 valence electrons. The largest absolute Gasteiger partial charge is 1.00 e. The van der Waals surface area contributed by atoms with E-state index in [1.54, 1.807) is 34.1 Å². The molecule has 7 rings (SSSR count). The van der Waals surface area contributed by atoms with Crippen molar-refractivity contribution < 1.29 is 240 Å². The number of benzene rings is 4. The number of amides is 3. The maximum absolute atomic E-state index is 11.7. The smallest absolute Gasteiger partial charge is 1.00 e. The van der Waals surface area contributed by atoms with Gasteiger partial charge >= 0.3 is 144 Å². The summed E-state index contributed by atoms with van der Waals surface area (Å²) in [7, 11) is 7.36. The summed E-state index contributed by atoms with van der Waals surface area (Å²) in [5.41, 5.74) is 14.3. The van der Waals surface area contributed by atoms with Crippen molar-refractivity contribution in [3.8, 4) is 0 Å². The van der Waals surface area contributed by atoms with E-state index in [-0.39, 0.29) is 220 Å². The molecule has 0 spiro atoms. The Balaban J connectivity index is -0.000000259. The van der Waals surface area contributed by atoms with E-state index in [1.165, 1.54) is 73.5 Å². The van der Waals surface area contributed by atoms with Gasteiger partial charge in [0.2, 0.25) is 20.4 Å². The molecule has 0 saturated carbocycles. The molecule has 0 unspecified atom stereocenters. The van der Waals surface area contributed by atoms with Gasteiger partial charge in [-0.25, -0.2) is 9.00 Å². The van der Waals surface area contributed by atoms with Crippen molar-refractivity contribution in [1.82, 2.24) is 0 Å². The van der Waals surface area contributed by atoms with Crippen LogP contribution in [0.25, 0.3) is 0 Å². The number of nitro benzene ring substituents is 3. The summed E-state index contributed by atoms with van der Waals surface area (Å²) in [6.45, 7) is 6.80. The zero-order chi connectivity index (χ0) is 74.9. The molecule has 101 heavy (non-hydrogen) atoms. The van der Waals surface area contributed by atoms with E-state index >= 15 is 0 Å². The number of ether oxygens (including phenoxy) is 7. The molecule has 42 heteroatoms. The number of aliphatic carboxylic acids is 1. The fraction of sp³-hybridized carbons (Fsp3) is 0.492. The van der Waals surface area contributed by atoms with Crippen LogP contribution in [0.4, 0.5) is 45.5 Å². The predicted octanol–water partition coefficient (Wildman–Crippen LogP) is 2.86. The average molecular weight is 1830 g/mol. The van der Waals surface area contributed by atoms with Crippen molar-refractivity contribution in [2.45, 2.75) is 51.4 Å². The summed E-state index contributed by atoms with van der Waals surface area (Å²) in [4.78, 5) is 98.8. The van der Waals surface area contributed by atoms with Gasteiger partial charge in [0.1, 0.15) is 33.0 Å². The molecule has 0 atom stereocenters. The molecule has 3 aliphatic heterocycles. The predicted molar refractivity (Wildman–Crippen MR) is 377 cm³/mol.